The van der Waals surface area contributed by atoms with E-state index in [2.05, 4.69) is 20.9 Å². The molecule has 11 nitrogen and oxygen atoms in total. The zero-order chi connectivity index (χ0) is 31.4. The van der Waals surface area contributed by atoms with E-state index in [4.69, 9.17) is 37.8 Å². The number of likely N-dealkylation sites (tertiary alicyclic amines) is 1. The third-order valence-corrected chi connectivity index (χ3v) is 7.78. The lowest BCUT2D eigenvalue weighted by atomic mass is 9.92. The number of rotatable bonds is 7. The Morgan fingerprint density at radius 3 is 2.30 bits per heavy atom. The predicted molar refractivity (Wildman–Crippen MR) is 172 cm³/mol. The van der Waals surface area contributed by atoms with Gasteiger partial charge in [0.15, 0.2) is 0 Å². The summed E-state index contributed by atoms with van der Waals surface area (Å²) >= 11 is 13.1. The number of aromatic nitrogens is 3. The minimum Gasteiger partial charge on any atom is -0.497 e. The number of methoxy groups -OCH3 is 1. The van der Waals surface area contributed by atoms with Gasteiger partial charge >= 0.3 is 12.1 Å². The van der Waals surface area contributed by atoms with Crippen molar-refractivity contribution < 1.29 is 19.1 Å². The molecule has 0 aliphatic carbocycles. The quantitative estimate of drug-likeness (QED) is 0.189. The average Bonchev–Trinajstić information content (AvgIpc) is 3.68. The van der Waals surface area contributed by atoms with Crippen LogP contribution in [0.15, 0.2) is 60.8 Å². The van der Waals surface area contributed by atoms with Gasteiger partial charge in [-0.2, -0.15) is 5.10 Å². The van der Waals surface area contributed by atoms with Crippen LogP contribution in [0.25, 0.3) is 5.69 Å². The van der Waals surface area contributed by atoms with E-state index in [1.54, 1.807) is 41.0 Å². The molecule has 1 fully saturated rings. The molecule has 0 bridgehead atoms. The molecule has 2 aromatic carbocycles. The number of benzene rings is 2. The first-order chi connectivity index (χ1) is 21.0. The van der Waals surface area contributed by atoms with Gasteiger partial charge in [-0.25, -0.2) is 19.3 Å². The van der Waals surface area contributed by atoms with Crippen molar-refractivity contribution in [1.82, 2.24) is 19.7 Å². The van der Waals surface area contributed by atoms with Gasteiger partial charge in [-0.05, 0) is 55.3 Å². The molecule has 3 N–H and O–H groups in total. The fourth-order valence-electron chi connectivity index (χ4n) is 4.51. The van der Waals surface area contributed by atoms with Crippen LogP contribution in [0.3, 0.4) is 0 Å². The lowest BCUT2D eigenvalue weighted by Crippen LogP contribution is -2.32. The van der Waals surface area contributed by atoms with Crippen molar-refractivity contribution in [2.24, 2.45) is 0 Å². The lowest BCUT2D eigenvalue weighted by molar-refractivity contribution is 0.222. The van der Waals surface area contributed by atoms with E-state index >= 15 is 0 Å². The number of nitrogens with zero attached hydrogens (tertiary/aromatic N) is 4. The van der Waals surface area contributed by atoms with E-state index in [-0.39, 0.29) is 32.9 Å². The van der Waals surface area contributed by atoms with Gasteiger partial charge in [-0.15, -0.1) is 0 Å². The van der Waals surface area contributed by atoms with Crippen molar-refractivity contribution in [3.63, 3.8) is 0 Å². The normalized spacial score (nSPS) is 13.0. The molecule has 1 saturated heterocycles. The highest BCUT2D eigenvalue weighted by Gasteiger charge is 2.23. The smallest absolute Gasteiger partial charge is 0.324 e. The Balaban J connectivity index is 1.29. The highest BCUT2D eigenvalue weighted by Crippen LogP contribution is 2.40. The third kappa shape index (κ3) is 7.17. The highest BCUT2D eigenvalue weighted by atomic mass is 35.5. The number of pyridine rings is 1. The second kappa shape index (κ2) is 13.0. The molecular formula is C31H33Cl2N7O4. The van der Waals surface area contributed by atoms with E-state index < -0.39 is 6.03 Å². The van der Waals surface area contributed by atoms with Gasteiger partial charge in [0.05, 0.1) is 29.2 Å². The van der Waals surface area contributed by atoms with Crippen LogP contribution in [0.1, 0.15) is 39.3 Å². The number of carbonyl (C=O) groups excluding carboxylic acids is 2. The molecule has 3 heterocycles. The zero-order valence-corrected chi connectivity index (χ0v) is 26.3. The molecule has 1 aliphatic rings. The van der Waals surface area contributed by atoms with Crippen LogP contribution in [0.5, 0.6) is 17.2 Å². The largest absolute Gasteiger partial charge is 0.497 e. The molecule has 13 heteroatoms. The Morgan fingerprint density at radius 1 is 0.886 bits per heavy atom. The predicted octanol–water partition coefficient (Wildman–Crippen LogP) is 7.94. The summed E-state index contributed by atoms with van der Waals surface area (Å²) in [5.74, 6) is 2.18. The number of ether oxygens (including phenoxy) is 2. The fourth-order valence-corrected chi connectivity index (χ4v) is 4.92. The van der Waals surface area contributed by atoms with E-state index in [0.717, 1.165) is 37.3 Å². The van der Waals surface area contributed by atoms with Crippen LogP contribution < -0.4 is 25.4 Å². The first kappa shape index (κ1) is 31.0. The molecule has 44 heavy (non-hydrogen) atoms. The van der Waals surface area contributed by atoms with Crippen molar-refractivity contribution in [1.29, 1.82) is 0 Å². The maximum atomic E-state index is 13.1. The number of anilines is 3. The highest BCUT2D eigenvalue weighted by molar-refractivity contribution is 6.45. The van der Waals surface area contributed by atoms with Gasteiger partial charge in [0, 0.05) is 36.8 Å². The molecule has 2 aromatic heterocycles. The maximum Gasteiger partial charge on any atom is 0.324 e. The summed E-state index contributed by atoms with van der Waals surface area (Å²) in [6.45, 7) is 7.57. The van der Waals surface area contributed by atoms with Gasteiger partial charge in [-0.1, -0.05) is 44.0 Å². The lowest BCUT2D eigenvalue weighted by Gasteiger charge is -2.16. The molecule has 0 unspecified atom stereocenters. The SMILES string of the molecule is COc1ccc(-n2nc(C(C)(C)C)cc2NC(=O)Nc2ccc(Oc3ccnc(NC(=O)N4CCCC4)c3)c(Cl)c2Cl)cc1. The van der Waals surface area contributed by atoms with E-state index in [1.807, 2.05) is 51.1 Å². The number of carbonyl (C=O) groups is 2. The number of urea groups is 2. The monoisotopic (exact) mass is 637 g/mol. The zero-order valence-electron chi connectivity index (χ0n) is 24.8. The maximum absolute atomic E-state index is 13.1. The van der Waals surface area contributed by atoms with Crippen LogP contribution in [0.4, 0.5) is 26.9 Å². The number of hydrogen-bond acceptors (Lipinski definition) is 6. The Bertz CT molecular complexity index is 1660. The summed E-state index contributed by atoms with van der Waals surface area (Å²) in [6.07, 6.45) is 3.50. The van der Waals surface area contributed by atoms with Crippen molar-refractivity contribution in [3.05, 3.63) is 76.5 Å². The summed E-state index contributed by atoms with van der Waals surface area (Å²) in [5.41, 5.74) is 1.56. The Labute approximate surface area is 265 Å². The minimum atomic E-state index is -0.542. The van der Waals surface area contributed by atoms with Crippen LogP contribution in [-0.4, -0.2) is 51.9 Å². The van der Waals surface area contributed by atoms with Gasteiger partial charge < -0.3 is 19.7 Å². The molecule has 0 atom stereocenters. The van der Waals surface area contributed by atoms with E-state index in [9.17, 15) is 9.59 Å². The number of amides is 4. The standard InChI is InChI=1S/C31H33Cl2N7O4/c1-31(2,3)24-18-26(40(38-24)19-7-9-20(43-4)10-8-19)37-29(41)35-22-11-12-23(28(33)27(22)32)44-21-13-14-34-25(17-21)36-30(42)39-15-5-6-16-39/h7-14,17-18H,5-6,15-16H2,1-4H3,(H,34,36,42)(H2,35,37,41). The first-order valence-electron chi connectivity index (χ1n) is 14.0. The molecule has 5 rings (SSSR count). The number of halogens is 2. The van der Waals surface area contributed by atoms with Crippen LogP contribution in [-0.2, 0) is 5.41 Å². The van der Waals surface area contributed by atoms with Crippen LogP contribution in [0.2, 0.25) is 10.0 Å². The molecule has 230 valence electrons. The first-order valence-corrected chi connectivity index (χ1v) is 14.8. The van der Waals surface area contributed by atoms with Crippen molar-refractivity contribution in [2.45, 2.75) is 39.0 Å². The van der Waals surface area contributed by atoms with E-state index in [1.165, 1.54) is 6.20 Å². The summed E-state index contributed by atoms with van der Waals surface area (Å²) < 4.78 is 12.9. The van der Waals surface area contributed by atoms with E-state index in [0.29, 0.717) is 23.1 Å². The molecule has 0 spiro atoms. The van der Waals surface area contributed by atoms with Crippen molar-refractivity contribution in [2.75, 3.05) is 36.1 Å². The molecule has 0 radical (unpaired) electrons. The second-order valence-electron chi connectivity index (χ2n) is 11.2. The van der Waals surface area contributed by atoms with Gasteiger partial charge in [0.1, 0.15) is 33.9 Å². The number of hydrogen-bond donors (Lipinski definition) is 3. The Kier molecular flexibility index (Phi) is 9.17. The molecule has 0 saturated carbocycles. The van der Waals surface area contributed by atoms with Crippen LogP contribution >= 0.6 is 23.2 Å². The van der Waals surface area contributed by atoms with Crippen molar-refractivity contribution in [3.8, 4) is 22.9 Å². The summed E-state index contributed by atoms with van der Waals surface area (Å²) in [4.78, 5) is 31.5. The molecular weight excluding hydrogens is 605 g/mol. The average molecular weight is 639 g/mol. The molecule has 4 aromatic rings. The number of nitrogens with one attached hydrogen (secondary N) is 3. The summed E-state index contributed by atoms with van der Waals surface area (Å²) in [7, 11) is 1.60. The Hall–Kier alpha value is -4.48. The van der Waals surface area contributed by atoms with Crippen molar-refractivity contribution >= 4 is 52.6 Å². The molecule has 1 aliphatic heterocycles. The minimum absolute atomic E-state index is 0.0926. The fraction of sp³-hybridized carbons (Fsp3) is 0.290. The topological polar surface area (TPSA) is 123 Å². The second-order valence-corrected chi connectivity index (χ2v) is 12.0. The molecule has 4 amide bonds. The summed E-state index contributed by atoms with van der Waals surface area (Å²) in [6, 6.07) is 14.8. The summed E-state index contributed by atoms with van der Waals surface area (Å²) in [5, 5.41) is 13.3. The third-order valence-electron chi connectivity index (χ3n) is 6.92. The van der Waals surface area contributed by atoms with Gasteiger partial charge in [-0.3, -0.25) is 10.6 Å². The Morgan fingerprint density at radius 2 is 1.61 bits per heavy atom. The van der Waals surface area contributed by atoms with Crippen LogP contribution in [0, 0.1) is 0 Å². The van der Waals surface area contributed by atoms with Gasteiger partial charge in [0.25, 0.3) is 0 Å². The van der Waals surface area contributed by atoms with Gasteiger partial charge in [0.2, 0.25) is 0 Å².